The molecule has 2 aromatic carbocycles. The lowest BCUT2D eigenvalue weighted by atomic mass is 10.1. The molecular formula is C18H13FN4O2. The van der Waals surface area contributed by atoms with Crippen LogP contribution in [0.4, 0.5) is 15.8 Å². The lowest BCUT2D eigenvalue weighted by molar-refractivity contribution is -0.115. The second-order valence-electron chi connectivity index (χ2n) is 5.63. The molecule has 3 aromatic rings. The van der Waals surface area contributed by atoms with Gasteiger partial charge >= 0.3 is 0 Å². The molecule has 1 aliphatic heterocycles. The summed E-state index contributed by atoms with van der Waals surface area (Å²) in [5, 5.41) is 9.54. The Kier molecular flexibility index (Phi) is 3.53. The van der Waals surface area contributed by atoms with Crippen LogP contribution in [0, 0.1) is 5.82 Å². The van der Waals surface area contributed by atoms with Gasteiger partial charge in [-0.25, -0.2) is 4.39 Å². The Balaban J connectivity index is 1.66. The third-order valence-electron chi connectivity index (χ3n) is 3.96. The topological polar surface area (TPSA) is 78.1 Å². The number of anilines is 2. The molecule has 0 aliphatic carbocycles. The maximum atomic E-state index is 13.0. The normalized spacial score (nSPS) is 13.3. The van der Waals surface area contributed by atoms with Crippen molar-refractivity contribution in [3.63, 3.8) is 0 Å². The lowest BCUT2D eigenvalue weighted by Crippen LogP contribution is -2.42. The minimum absolute atomic E-state index is 0.0687. The van der Waals surface area contributed by atoms with Crippen LogP contribution >= 0.6 is 0 Å². The Hall–Kier alpha value is -3.48. The largest absolute Gasteiger partial charge is 0.323 e. The van der Waals surface area contributed by atoms with Crippen LogP contribution in [0.25, 0.3) is 11.3 Å². The van der Waals surface area contributed by atoms with E-state index in [1.807, 2.05) is 0 Å². The van der Waals surface area contributed by atoms with Gasteiger partial charge in [0.25, 0.3) is 5.91 Å². The first-order chi connectivity index (χ1) is 12.1. The molecule has 4 rings (SSSR count). The summed E-state index contributed by atoms with van der Waals surface area (Å²) in [5.74, 6) is -0.958. The Morgan fingerprint density at radius 3 is 2.68 bits per heavy atom. The number of aromatic nitrogens is 2. The minimum atomic E-state index is -0.358. The van der Waals surface area contributed by atoms with E-state index < -0.39 is 0 Å². The van der Waals surface area contributed by atoms with Crippen molar-refractivity contribution in [3.05, 3.63) is 66.1 Å². The molecule has 7 heteroatoms. The summed E-state index contributed by atoms with van der Waals surface area (Å²) in [4.78, 5) is 26.1. The van der Waals surface area contributed by atoms with Crippen LogP contribution in [-0.2, 0) is 4.79 Å². The molecule has 0 bridgehead atoms. The van der Waals surface area contributed by atoms with E-state index in [0.717, 1.165) is 0 Å². The summed E-state index contributed by atoms with van der Waals surface area (Å²) in [7, 11) is 0. The van der Waals surface area contributed by atoms with E-state index in [1.165, 1.54) is 17.0 Å². The van der Waals surface area contributed by atoms with Gasteiger partial charge in [0.15, 0.2) is 0 Å². The summed E-state index contributed by atoms with van der Waals surface area (Å²) in [6, 6.07) is 14.5. The number of amides is 2. The number of benzene rings is 2. The number of hydrogen-bond acceptors (Lipinski definition) is 3. The van der Waals surface area contributed by atoms with Gasteiger partial charge in [0, 0.05) is 5.56 Å². The van der Waals surface area contributed by atoms with Gasteiger partial charge in [-0.15, -0.1) is 0 Å². The Morgan fingerprint density at radius 1 is 1.12 bits per heavy atom. The van der Waals surface area contributed by atoms with Crippen LogP contribution in [0.3, 0.4) is 0 Å². The van der Waals surface area contributed by atoms with Crippen molar-refractivity contribution in [2.75, 3.05) is 16.8 Å². The van der Waals surface area contributed by atoms with Crippen molar-refractivity contribution in [3.8, 4) is 11.3 Å². The molecule has 0 unspecified atom stereocenters. The highest BCUT2D eigenvalue weighted by molar-refractivity contribution is 6.14. The van der Waals surface area contributed by atoms with Crippen LogP contribution in [0.5, 0.6) is 0 Å². The Morgan fingerprint density at radius 2 is 1.88 bits per heavy atom. The zero-order valence-electron chi connectivity index (χ0n) is 13.0. The first kappa shape index (κ1) is 15.1. The molecule has 0 spiro atoms. The highest BCUT2D eigenvalue weighted by atomic mass is 19.1. The van der Waals surface area contributed by atoms with Gasteiger partial charge in [0.05, 0.1) is 17.1 Å². The molecule has 0 atom stereocenters. The van der Waals surface area contributed by atoms with Crippen molar-refractivity contribution < 1.29 is 14.0 Å². The van der Waals surface area contributed by atoms with Gasteiger partial charge in [0.2, 0.25) is 5.91 Å². The lowest BCUT2D eigenvalue weighted by Gasteiger charge is -2.28. The number of carbonyl (C=O) groups is 2. The molecule has 6 nitrogen and oxygen atoms in total. The standard InChI is InChI=1S/C18H13FN4O2/c19-12-7-5-11(6-8-12)14-9-15(22-21-14)18(25)23-10-17(24)20-13-3-1-2-4-16(13)23/h1-9H,10H2,(H,20,24)(H,21,22). The van der Waals surface area contributed by atoms with Crippen LogP contribution < -0.4 is 10.2 Å². The molecule has 25 heavy (non-hydrogen) atoms. The Labute approximate surface area is 142 Å². The molecule has 0 saturated carbocycles. The van der Waals surface area contributed by atoms with E-state index in [4.69, 9.17) is 0 Å². The number of H-pyrrole nitrogens is 1. The van der Waals surface area contributed by atoms with Crippen molar-refractivity contribution in [1.82, 2.24) is 10.2 Å². The number of carbonyl (C=O) groups excluding carboxylic acids is 2. The van der Waals surface area contributed by atoms with Crippen LogP contribution in [-0.4, -0.2) is 28.6 Å². The predicted molar refractivity (Wildman–Crippen MR) is 90.7 cm³/mol. The number of hydrogen-bond donors (Lipinski definition) is 2. The zero-order valence-corrected chi connectivity index (χ0v) is 13.0. The number of para-hydroxylation sites is 2. The third kappa shape index (κ3) is 2.76. The molecule has 1 aliphatic rings. The number of rotatable bonds is 2. The van der Waals surface area contributed by atoms with E-state index in [1.54, 1.807) is 42.5 Å². The first-order valence-electron chi connectivity index (χ1n) is 7.64. The van der Waals surface area contributed by atoms with Crippen molar-refractivity contribution in [2.45, 2.75) is 0 Å². The van der Waals surface area contributed by atoms with E-state index in [9.17, 15) is 14.0 Å². The number of halogens is 1. The first-order valence-corrected chi connectivity index (χ1v) is 7.64. The second kappa shape index (κ2) is 5.86. The van der Waals surface area contributed by atoms with Gasteiger partial charge in [-0.2, -0.15) is 5.10 Å². The quantitative estimate of drug-likeness (QED) is 0.755. The highest BCUT2D eigenvalue weighted by Gasteiger charge is 2.28. The molecule has 0 fully saturated rings. The summed E-state index contributed by atoms with van der Waals surface area (Å²) >= 11 is 0. The monoisotopic (exact) mass is 336 g/mol. The van der Waals surface area contributed by atoms with Crippen molar-refractivity contribution >= 4 is 23.2 Å². The Bertz CT molecular complexity index is 965. The fourth-order valence-electron chi connectivity index (χ4n) is 2.76. The van der Waals surface area contributed by atoms with Gasteiger partial charge < -0.3 is 5.32 Å². The summed E-state index contributed by atoms with van der Waals surface area (Å²) < 4.78 is 13.0. The summed E-state index contributed by atoms with van der Waals surface area (Å²) in [5.41, 5.74) is 2.69. The van der Waals surface area contributed by atoms with E-state index in [2.05, 4.69) is 15.5 Å². The smallest absolute Gasteiger partial charge is 0.276 e. The maximum Gasteiger partial charge on any atom is 0.276 e. The van der Waals surface area contributed by atoms with Crippen LogP contribution in [0.1, 0.15) is 10.5 Å². The third-order valence-corrected chi connectivity index (χ3v) is 3.96. The molecule has 2 amide bonds. The second-order valence-corrected chi connectivity index (χ2v) is 5.63. The van der Waals surface area contributed by atoms with Gasteiger partial charge in [-0.1, -0.05) is 12.1 Å². The summed E-state index contributed by atoms with van der Waals surface area (Å²) in [6.07, 6.45) is 0. The fourth-order valence-corrected chi connectivity index (χ4v) is 2.76. The van der Waals surface area contributed by atoms with Gasteiger partial charge in [-0.3, -0.25) is 19.6 Å². The maximum absolute atomic E-state index is 13.0. The minimum Gasteiger partial charge on any atom is -0.323 e. The molecule has 0 saturated heterocycles. The van der Waals surface area contributed by atoms with E-state index in [-0.39, 0.29) is 29.9 Å². The molecule has 2 heterocycles. The van der Waals surface area contributed by atoms with Crippen molar-refractivity contribution in [2.24, 2.45) is 0 Å². The predicted octanol–water partition coefficient (Wildman–Crippen LogP) is 2.81. The van der Waals surface area contributed by atoms with E-state index >= 15 is 0 Å². The molecule has 2 N–H and O–H groups in total. The number of nitrogens with one attached hydrogen (secondary N) is 2. The number of fused-ring (bicyclic) bond motifs is 1. The number of nitrogens with zero attached hydrogens (tertiary/aromatic N) is 2. The van der Waals surface area contributed by atoms with Crippen LogP contribution in [0.15, 0.2) is 54.6 Å². The number of aromatic amines is 1. The fraction of sp³-hybridized carbons (Fsp3) is 0.0556. The summed E-state index contributed by atoms with van der Waals surface area (Å²) in [6.45, 7) is -0.0687. The van der Waals surface area contributed by atoms with Gasteiger partial charge in [0.1, 0.15) is 18.1 Å². The molecule has 124 valence electrons. The average Bonchev–Trinajstić information content (AvgIpc) is 3.11. The van der Waals surface area contributed by atoms with Crippen LogP contribution in [0.2, 0.25) is 0 Å². The molecule has 1 aromatic heterocycles. The molecular weight excluding hydrogens is 323 g/mol. The highest BCUT2D eigenvalue weighted by Crippen LogP contribution is 2.30. The van der Waals surface area contributed by atoms with Gasteiger partial charge in [-0.05, 0) is 42.5 Å². The average molecular weight is 336 g/mol. The van der Waals surface area contributed by atoms with E-state index in [0.29, 0.717) is 22.6 Å². The molecule has 0 radical (unpaired) electrons. The zero-order chi connectivity index (χ0) is 17.4. The SMILES string of the molecule is O=C1CN(C(=O)c2cc(-c3ccc(F)cc3)n[nH]2)c2ccccc2N1. The van der Waals surface area contributed by atoms with Crippen molar-refractivity contribution in [1.29, 1.82) is 0 Å².